The van der Waals surface area contributed by atoms with Crippen molar-refractivity contribution in [3.05, 3.63) is 100 Å². The van der Waals surface area contributed by atoms with Gasteiger partial charge in [0.2, 0.25) is 0 Å². The summed E-state index contributed by atoms with van der Waals surface area (Å²) in [6.07, 6.45) is 0. The molecule has 152 valence electrons. The van der Waals surface area contributed by atoms with Crippen LogP contribution in [0.4, 0.5) is 10.1 Å². The van der Waals surface area contributed by atoms with E-state index in [-0.39, 0.29) is 22.6 Å². The van der Waals surface area contributed by atoms with Crippen molar-refractivity contribution in [2.75, 3.05) is 11.9 Å². The lowest BCUT2D eigenvalue weighted by Crippen LogP contribution is -2.22. The molecule has 0 heterocycles. The van der Waals surface area contributed by atoms with Gasteiger partial charge in [0, 0.05) is 11.1 Å². The van der Waals surface area contributed by atoms with E-state index in [4.69, 9.17) is 4.74 Å². The van der Waals surface area contributed by atoms with Crippen molar-refractivity contribution in [1.29, 1.82) is 0 Å². The van der Waals surface area contributed by atoms with Gasteiger partial charge in [-0.05, 0) is 43.7 Å². The predicted molar refractivity (Wildman–Crippen MR) is 111 cm³/mol. The molecule has 30 heavy (non-hydrogen) atoms. The normalized spacial score (nSPS) is 10.4. The molecule has 6 heteroatoms. The van der Waals surface area contributed by atoms with Gasteiger partial charge in [-0.15, -0.1) is 0 Å². The Labute approximate surface area is 173 Å². The molecule has 1 N–H and O–H groups in total. The number of anilines is 1. The summed E-state index contributed by atoms with van der Waals surface area (Å²) in [4.78, 5) is 37.6. The molecule has 0 atom stereocenters. The molecule has 3 aromatic rings. The van der Waals surface area contributed by atoms with Gasteiger partial charge >= 0.3 is 5.97 Å². The van der Waals surface area contributed by atoms with Crippen LogP contribution >= 0.6 is 0 Å². The second-order valence-electron chi connectivity index (χ2n) is 6.80. The van der Waals surface area contributed by atoms with E-state index >= 15 is 0 Å². The van der Waals surface area contributed by atoms with Crippen molar-refractivity contribution in [2.24, 2.45) is 0 Å². The van der Waals surface area contributed by atoms with E-state index in [1.165, 1.54) is 24.3 Å². The standard InChI is InChI=1S/C24H20FNO4/c1-15-11-12-16(2)19(13-15)23(28)17-7-3-4-8-18(17)24(29)30-14-22(27)26-21-10-6-5-9-20(21)25/h3-13H,14H2,1-2H3,(H,26,27). The number of ketones is 1. The number of hydrogen-bond donors (Lipinski definition) is 1. The van der Waals surface area contributed by atoms with Gasteiger partial charge in [-0.1, -0.05) is 48.0 Å². The van der Waals surface area contributed by atoms with Gasteiger partial charge in [0.05, 0.1) is 11.3 Å². The van der Waals surface area contributed by atoms with Crippen LogP contribution < -0.4 is 5.32 Å². The minimum Gasteiger partial charge on any atom is -0.452 e. The maximum atomic E-state index is 13.6. The van der Waals surface area contributed by atoms with E-state index < -0.39 is 24.3 Å². The van der Waals surface area contributed by atoms with Gasteiger partial charge in [0.25, 0.3) is 5.91 Å². The summed E-state index contributed by atoms with van der Waals surface area (Å²) < 4.78 is 18.7. The lowest BCUT2D eigenvalue weighted by atomic mass is 9.94. The van der Waals surface area contributed by atoms with Gasteiger partial charge in [0.15, 0.2) is 12.4 Å². The molecule has 0 radical (unpaired) electrons. The molecule has 0 aromatic heterocycles. The van der Waals surface area contributed by atoms with E-state index in [0.717, 1.165) is 11.1 Å². The fourth-order valence-electron chi connectivity index (χ4n) is 2.94. The Morgan fingerprint density at radius 3 is 2.27 bits per heavy atom. The fourth-order valence-corrected chi connectivity index (χ4v) is 2.94. The number of rotatable bonds is 6. The van der Waals surface area contributed by atoms with Gasteiger partial charge in [-0.2, -0.15) is 0 Å². The first-order valence-electron chi connectivity index (χ1n) is 9.29. The SMILES string of the molecule is Cc1ccc(C)c(C(=O)c2ccccc2C(=O)OCC(=O)Nc2ccccc2F)c1. The van der Waals surface area contributed by atoms with Crippen LogP contribution in [0.3, 0.4) is 0 Å². The van der Waals surface area contributed by atoms with Crippen LogP contribution in [0.25, 0.3) is 0 Å². The molecular formula is C24H20FNO4. The maximum absolute atomic E-state index is 13.6. The average Bonchev–Trinajstić information content (AvgIpc) is 2.75. The number of halogens is 1. The highest BCUT2D eigenvalue weighted by Gasteiger charge is 2.21. The summed E-state index contributed by atoms with van der Waals surface area (Å²) in [6, 6.07) is 17.4. The van der Waals surface area contributed by atoms with Crippen LogP contribution in [-0.4, -0.2) is 24.3 Å². The zero-order valence-corrected chi connectivity index (χ0v) is 16.6. The Hall–Kier alpha value is -3.80. The van der Waals surface area contributed by atoms with Crippen LogP contribution in [0.2, 0.25) is 0 Å². The number of benzene rings is 3. The third-order valence-electron chi connectivity index (χ3n) is 4.51. The number of nitrogens with one attached hydrogen (secondary N) is 1. The first kappa shape index (κ1) is 20.9. The number of esters is 1. The summed E-state index contributed by atoms with van der Waals surface area (Å²) in [6.45, 7) is 3.09. The molecule has 0 unspecified atom stereocenters. The van der Waals surface area contributed by atoms with Gasteiger partial charge in [-0.3, -0.25) is 9.59 Å². The Morgan fingerprint density at radius 2 is 1.53 bits per heavy atom. The van der Waals surface area contributed by atoms with Gasteiger partial charge in [-0.25, -0.2) is 9.18 Å². The molecule has 0 aliphatic rings. The molecule has 0 fully saturated rings. The van der Waals surface area contributed by atoms with Crippen LogP contribution in [0.15, 0.2) is 66.7 Å². The molecule has 3 rings (SSSR count). The molecule has 3 aromatic carbocycles. The summed E-state index contributed by atoms with van der Waals surface area (Å²) in [5, 5.41) is 2.34. The zero-order chi connectivity index (χ0) is 21.7. The smallest absolute Gasteiger partial charge is 0.339 e. The third-order valence-corrected chi connectivity index (χ3v) is 4.51. The van der Waals surface area contributed by atoms with Crippen molar-refractivity contribution < 1.29 is 23.5 Å². The van der Waals surface area contributed by atoms with Gasteiger partial charge in [0.1, 0.15) is 5.82 Å². The van der Waals surface area contributed by atoms with E-state index in [2.05, 4.69) is 5.32 Å². The third kappa shape index (κ3) is 4.78. The molecular weight excluding hydrogens is 385 g/mol. The minimum atomic E-state index is -0.812. The second kappa shape index (κ2) is 9.13. The number of amides is 1. The van der Waals surface area contributed by atoms with Crippen molar-refractivity contribution >= 4 is 23.3 Å². The Balaban J connectivity index is 1.74. The summed E-state index contributed by atoms with van der Waals surface area (Å²) >= 11 is 0. The fraction of sp³-hybridized carbons (Fsp3) is 0.125. The number of para-hydroxylation sites is 1. The molecule has 5 nitrogen and oxygen atoms in total. The molecule has 0 bridgehead atoms. The average molecular weight is 405 g/mol. The minimum absolute atomic E-state index is 0.0101. The summed E-state index contributed by atoms with van der Waals surface area (Å²) in [5.74, 6) is -2.40. The predicted octanol–water partition coefficient (Wildman–Crippen LogP) is 4.47. The molecule has 0 saturated carbocycles. The monoisotopic (exact) mass is 405 g/mol. The van der Waals surface area contributed by atoms with Crippen molar-refractivity contribution in [2.45, 2.75) is 13.8 Å². The van der Waals surface area contributed by atoms with E-state index in [1.54, 1.807) is 30.3 Å². The largest absolute Gasteiger partial charge is 0.452 e. The molecule has 0 aliphatic heterocycles. The lowest BCUT2D eigenvalue weighted by molar-refractivity contribution is -0.119. The number of hydrogen-bond acceptors (Lipinski definition) is 4. The molecule has 0 saturated heterocycles. The van der Waals surface area contributed by atoms with Crippen molar-refractivity contribution in [3.8, 4) is 0 Å². The first-order valence-corrected chi connectivity index (χ1v) is 9.29. The number of carbonyl (C=O) groups excluding carboxylic acids is 3. The highest BCUT2D eigenvalue weighted by Crippen LogP contribution is 2.20. The first-order chi connectivity index (χ1) is 14.4. The molecule has 1 amide bonds. The molecule has 0 aliphatic carbocycles. The summed E-state index contributed by atoms with van der Waals surface area (Å²) in [5.41, 5.74) is 2.44. The van der Waals surface area contributed by atoms with Crippen LogP contribution in [0, 0.1) is 19.7 Å². The number of ether oxygens (including phenoxy) is 1. The second-order valence-corrected chi connectivity index (χ2v) is 6.80. The van der Waals surface area contributed by atoms with E-state index in [1.807, 2.05) is 26.0 Å². The zero-order valence-electron chi connectivity index (χ0n) is 16.6. The van der Waals surface area contributed by atoms with Crippen LogP contribution in [0.5, 0.6) is 0 Å². The van der Waals surface area contributed by atoms with E-state index in [9.17, 15) is 18.8 Å². The maximum Gasteiger partial charge on any atom is 0.339 e. The molecule has 0 spiro atoms. The number of aryl methyl sites for hydroxylation is 2. The Kier molecular flexibility index (Phi) is 6.37. The van der Waals surface area contributed by atoms with Crippen molar-refractivity contribution in [1.82, 2.24) is 0 Å². The highest BCUT2D eigenvalue weighted by atomic mass is 19.1. The Bertz CT molecular complexity index is 1120. The lowest BCUT2D eigenvalue weighted by Gasteiger charge is -2.11. The number of carbonyl (C=O) groups is 3. The van der Waals surface area contributed by atoms with Crippen molar-refractivity contribution in [3.63, 3.8) is 0 Å². The van der Waals surface area contributed by atoms with Crippen LogP contribution in [-0.2, 0) is 9.53 Å². The topological polar surface area (TPSA) is 72.5 Å². The Morgan fingerprint density at radius 1 is 0.867 bits per heavy atom. The quantitative estimate of drug-likeness (QED) is 0.485. The summed E-state index contributed by atoms with van der Waals surface area (Å²) in [7, 11) is 0. The highest BCUT2D eigenvalue weighted by molar-refractivity contribution is 6.15. The van der Waals surface area contributed by atoms with Crippen LogP contribution in [0.1, 0.15) is 37.4 Å². The van der Waals surface area contributed by atoms with E-state index in [0.29, 0.717) is 5.56 Å². The van der Waals surface area contributed by atoms with Gasteiger partial charge < -0.3 is 10.1 Å².